The largest absolute Gasteiger partial charge is 0.321 e. The number of anilines is 1. The maximum absolute atomic E-state index is 13.6. The summed E-state index contributed by atoms with van der Waals surface area (Å²) in [4.78, 5) is 19.9. The summed E-state index contributed by atoms with van der Waals surface area (Å²) in [6, 6.07) is 8.13. The Morgan fingerprint density at radius 2 is 2.05 bits per heavy atom. The third-order valence-corrected chi connectivity index (χ3v) is 3.29. The van der Waals surface area contributed by atoms with Crippen molar-refractivity contribution < 1.29 is 9.18 Å². The van der Waals surface area contributed by atoms with Crippen LogP contribution in [-0.4, -0.2) is 15.9 Å². The number of hydrogen-bond acceptors (Lipinski definition) is 3. The first kappa shape index (κ1) is 13.5. The number of aromatic nitrogens is 2. The highest BCUT2D eigenvalue weighted by Crippen LogP contribution is 2.28. The Labute approximate surface area is 124 Å². The second-order valence-electron chi connectivity index (χ2n) is 4.30. The Kier molecular flexibility index (Phi) is 3.50. The van der Waals surface area contributed by atoms with Crippen LogP contribution in [0.25, 0.3) is 10.9 Å². The summed E-state index contributed by atoms with van der Waals surface area (Å²) in [6.07, 6.45) is 3.97. The fourth-order valence-corrected chi connectivity index (χ4v) is 2.21. The van der Waals surface area contributed by atoms with Crippen LogP contribution in [0.2, 0.25) is 5.02 Å². The van der Waals surface area contributed by atoms with Crippen molar-refractivity contribution in [2.75, 3.05) is 5.32 Å². The summed E-state index contributed by atoms with van der Waals surface area (Å²) in [5.74, 6) is -1.23. The van der Waals surface area contributed by atoms with E-state index >= 15 is 0 Å². The zero-order valence-electron chi connectivity index (χ0n) is 10.7. The van der Waals surface area contributed by atoms with Crippen LogP contribution in [0.4, 0.5) is 10.1 Å². The molecular formula is C15H9ClFN3O. The summed E-state index contributed by atoms with van der Waals surface area (Å²) in [5.41, 5.74) is 1.02. The second-order valence-corrected chi connectivity index (χ2v) is 4.71. The van der Waals surface area contributed by atoms with Gasteiger partial charge in [-0.15, -0.1) is 0 Å². The fraction of sp³-hybridized carbons (Fsp3) is 0. The summed E-state index contributed by atoms with van der Waals surface area (Å²) in [5, 5.41) is 3.84. The van der Waals surface area contributed by atoms with Crippen LogP contribution in [0.5, 0.6) is 0 Å². The number of carbonyl (C=O) groups is 1. The molecule has 4 nitrogen and oxygen atoms in total. The van der Waals surface area contributed by atoms with Crippen molar-refractivity contribution in [2.24, 2.45) is 0 Å². The quantitative estimate of drug-likeness (QED) is 0.785. The zero-order valence-corrected chi connectivity index (χ0v) is 11.4. The van der Waals surface area contributed by atoms with Crippen molar-refractivity contribution in [2.45, 2.75) is 0 Å². The molecule has 0 spiro atoms. The Morgan fingerprint density at radius 1 is 1.19 bits per heavy atom. The lowest BCUT2D eigenvalue weighted by Gasteiger charge is -2.09. The minimum atomic E-state index is -0.675. The van der Waals surface area contributed by atoms with Gasteiger partial charge in [0, 0.05) is 17.8 Å². The van der Waals surface area contributed by atoms with E-state index in [9.17, 15) is 9.18 Å². The number of carbonyl (C=O) groups excluding carboxylic acids is 1. The van der Waals surface area contributed by atoms with Gasteiger partial charge in [-0.1, -0.05) is 11.6 Å². The van der Waals surface area contributed by atoms with Gasteiger partial charge in [0.25, 0.3) is 5.91 Å². The Hall–Kier alpha value is -2.53. The number of hydrogen-bond donors (Lipinski definition) is 1. The molecule has 6 heteroatoms. The van der Waals surface area contributed by atoms with E-state index in [0.717, 1.165) is 6.20 Å². The monoisotopic (exact) mass is 301 g/mol. The van der Waals surface area contributed by atoms with Gasteiger partial charge in [-0.05, 0) is 30.3 Å². The first-order valence-electron chi connectivity index (χ1n) is 6.11. The number of amides is 1. The molecule has 0 fully saturated rings. The Morgan fingerprint density at radius 3 is 2.86 bits per heavy atom. The molecule has 0 bridgehead atoms. The first-order valence-corrected chi connectivity index (χ1v) is 6.48. The van der Waals surface area contributed by atoms with E-state index < -0.39 is 11.7 Å². The number of rotatable bonds is 2. The Balaban J connectivity index is 2.01. The highest BCUT2D eigenvalue weighted by molar-refractivity contribution is 6.35. The SMILES string of the molecule is O=C(Nc1ccc(Cl)c2ncccc12)c1ccncc1F. The molecule has 3 rings (SSSR count). The van der Waals surface area contributed by atoms with Crippen molar-refractivity contribution in [1.82, 2.24) is 9.97 Å². The molecule has 2 aromatic heterocycles. The van der Waals surface area contributed by atoms with Crippen molar-refractivity contribution >= 4 is 34.1 Å². The van der Waals surface area contributed by atoms with Gasteiger partial charge in [0.05, 0.1) is 28.0 Å². The van der Waals surface area contributed by atoms with Crippen LogP contribution in [0.15, 0.2) is 48.9 Å². The lowest BCUT2D eigenvalue weighted by molar-refractivity contribution is 0.102. The molecule has 0 saturated carbocycles. The van der Waals surface area contributed by atoms with Gasteiger partial charge in [0.1, 0.15) is 0 Å². The average molecular weight is 302 g/mol. The van der Waals surface area contributed by atoms with E-state index in [1.54, 1.807) is 30.5 Å². The number of pyridine rings is 2. The first-order chi connectivity index (χ1) is 10.2. The highest BCUT2D eigenvalue weighted by atomic mass is 35.5. The van der Waals surface area contributed by atoms with E-state index in [0.29, 0.717) is 21.6 Å². The molecule has 0 aliphatic carbocycles. The Bertz CT molecular complexity index is 838. The molecule has 21 heavy (non-hydrogen) atoms. The maximum atomic E-state index is 13.6. The van der Waals surface area contributed by atoms with Crippen LogP contribution in [-0.2, 0) is 0 Å². The van der Waals surface area contributed by atoms with Crippen LogP contribution in [0.3, 0.4) is 0 Å². The van der Waals surface area contributed by atoms with E-state index in [1.807, 2.05) is 0 Å². The molecule has 0 unspecified atom stereocenters. The lowest BCUT2D eigenvalue weighted by atomic mass is 10.1. The third-order valence-electron chi connectivity index (χ3n) is 2.99. The average Bonchev–Trinajstić information content (AvgIpc) is 2.51. The molecule has 1 N–H and O–H groups in total. The van der Waals surface area contributed by atoms with E-state index in [4.69, 9.17) is 11.6 Å². The predicted molar refractivity (Wildman–Crippen MR) is 78.9 cm³/mol. The number of halogens is 2. The van der Waals surface area contributed by atoms with Crippen molar-refractivity contribution in [1.29, 1.82) is 0 Å². The van der Waals surface area contributed by atoms with E-state index in [1.165, 1.54) is 12.3 Å². The van der Waals surface area contributed by atoms with Crippen LogP contribution in [0.1, 0.15) is 10.4 Å². The highest BCUT2D eigenvalue weighted by Gasteiger charge is 2.13. The van der Waals surface area contributed by atoms with Crippen LogP contribution < -0.4 is 5.32 Å². The smallest absolute Gasteiger partial charge is 0.258 e. The number of nitrogens with zero attached hydrogens (tertiary/aromatic N) is 2. The van der Waals surface area contributed by atoms with Gasteiger partial charge in [-0.2, -0.15) is 0 Å². The van der Waals surface area contributed by atoms with Crippen molar-refractivity contribution in [3.8, 4) is 0 Å². The number of benzene rings is 1. The standard InChI is InChI=1S/C15H9ClFN3O/c16-11-3-4-13(10-2-1-6-19-14(10)11)20-15(21)9-5-7-18-8-12(9)17/h1-8H,(H,20,21). The molecule has 1 amide bonds. The van der Waals surface area contributed by atoms with Gasteiger partial charge >= 0.3 is 0 Å². The second kappa shape index (κ2) is 5.46. The molecule has 0 atom stereocenters. The van der Waals surface area contributed by atoms with Crippen LogP contribution in [0, 0.1) is 5.82 Å². The summed E-state index contributed by atoms with van der Waals surface area (Å²) < 4.78 is 13.6. The molecule has 0 saturated heterocycles. The molecule has 0 aliphatic rings. The van der Waals surface area contributed by atoms with Gasteiger partial charge < -0.3 is 5.32 Å². The van der Waals surface area contributed by atoms with Gasteiger partial charge in [0.2, 0.25) is 0 Å². The van der Waals surface area contributed by atoms with Crippen LogP contribution >= 0.6 is 11.6 Å². The van der Waals surface area contributed by atoms with Gasteiger partial charge in [-0.3, -0.25) is 14.8 Å². The molecule has 2 heterocycles. The number of nitrogens with one attached hydrogen (secondary N) is 1. The molecule has 3 aromatic rings. The van der Waals surface area contributed by atoms with Crippen molar-refractivity contribution in [3.63, 3.8) is 0 Å². The normalized spacial score (nSPS) is 10.6. The summed E-state index contributed by atoms with van der Waals surface area (Å²) in [6.45, 7) is 0. The van der Waals surface area contributed by atoms with Gasteiger partial charge in [0.15, 0.2) is 5.82 Å². The molecule has 1 aromatic carbocycles. The zero-order chi connectivity index (χ0) is 14.8. The molecule has 104 valence electrons. The molecular weight excluding hydrogens is 293 g/mol. The molecule has 0 aliphatic heterocycles. The summed E-state index contributed by atoms with van der Waals surface area (Å²) >= 11 is 6.06. The predicted octanol–water partition coefficient (Wildman–Crippen LogP) is 3.67. The maximum Gasteiger partial charge on any atom is 0.258 e. The van der Waals surface area contributed by atoms with Gasteiger partial charge in [-0.25, -0.2) is 4.39 Å². The molecule has 0 radical (unpaired) electrons. The van der Waals surface area contributed by atoms with E-state index in [-0.39, 0.29) is 5.56 Å². The fourth-order valence-electron chi connectivity index (χ4n) is 2.00. The third kappa shape index (κ3) is 2.55. The van der Waals surface area contributed by atoms with E-state index in [2.05, 4.69) is 15.3 Å². The number of fused-ring (bicyclic) bond motifs is 1. The minimum Gasteiger partial charge on any atom is -0.321 e. The minimum absolute atomic E-state index is 0.0722. The summed E-state index contributed by atoms with van der Waals surface area (Å²) in [7, 11) is 0. The lowest BCUT2D eigenvalue weighted by Crippen LogP contribution is -2.14. The van der Waals surface area contributed by atoms with Crippen molar-refractivity contribution in [3.05, 3.63) is 65.3 Å². The topological polar surface area (TPSA) is 54.9 Å².